The summed E-state index contributed by atoms with van der Waals surface area (Å²) in [6.45, 7) is 3.07. The van der Waals surface area contributed by atoms with E-state index in [1.165, 1.54) is 16.8 Å². The molecule has 0 spiro atoms. The Balaban J connectivity index is 2.13. The molecule has 1 aliphatic heterocycles. The highest BCUT2D eigenvalue weighted by molar-refractivity contribution is 7.80. The highest BCUT2D eigenvalue weighted by Gasteiger charge is 2.20. The molecular formula is C17H18N2S. The van der Waals surface area contributed by atoms with E-state index in [0.29, 0.717) is 4.99 Å². The Bertz CT molecular complexity index is 664. The molecule has 0 radical (unpaired) electrons. The number of nitrogens with zero attached hydrogens (tertiary/aromatic N) is 1. The van der Waals surface area contributed by atoms with Gasteiger partial charge >= 0.3 is 0 Å². The van der Waals surface area contributed by atoms with Crippen molar-refractivity contribution in [2.45, 2.75) is 19.8 Å². The van der Waals surface area contributed by atoms with Crippen molar-refractivity contribution in [3.8, 4) is 0 Å². The lowest BCUT2D eigenvalue weighted by molar-refractivity contribution is 0.766. The fraction of sp³-hybridized carbons (Fsp3) is 0.235. The van der Waals surface area contributed by atoms with Crippen LogP contribution in [0.4, 0.5) is 11.4 Å². The Morgan fingerprint density at radius 1 is 1.15 bits per heavy atom. The van der Waals surface area contributed by atoms with Gasteiger partial charge in [-0.25, -0.2) is 0 Å². The first kappa shape index (κ1) is 13.1. The van der Waals surface area contributed by atoms with Gasteiger partial charge < -0.3 is 10.6 Å². The van der Waals surface area contributed by atoms with Gasteiger partial charge in [-0.15, -0.1) is 0 Å². The maximum Gasteiger partial charge on any atom is 0.106 e. The quantitative estimate of drug-likeness (QED) is 0.851. The van der Waals surface area contributed by atoms with Gasteiger partial charge in [0.2, 0.25) is 0 Å². The van der Waals surface area contributed by atoms with Gasteiger partial charge in [-0.3, -0.25) is 0 Å². The highest BCUT2D eigenvalue weighted by atomic mass is 32.1. The summed E-state index contributed by atoms with van der Waals surface area (Å²) in [7, 11) is 0. The van der Waals surface area contributed by atoms with Crippen LogP contribution in [-0.4, -0.2) is 11.5 Å². The van der Waals surface area contributed by atoms with Gasteiger partial charge in [0.05, 0.1) is 5.69 Å². The maximum absolute atomic E-state index is 5.91. The van der Waals surface area contributed by atoms with Gasteiger partial charge in [0.25, 0.3) is 0 Å². The third kappa shape index (κ3) is 2.29. The summed E-state index contributed by atoms with van der Waals surface area (Å²) in [5, 5.41) is 0. The molecule has 2 aromatic carbocycles. The molecule has 0 unspecified atom stereocenters. The zero-order valence-electron chi connectivity index (χ0n) is 11.6. The molecule has 0 aliphatic carbocycles. The molecule has 0 fully saturated rings. The summed E-state index contributed by atoms with van der Waals surface area (Å²) < 4.78 is 0. The Labute approximate surface area is 125 Å². The predicted octanol–water partition coefficient (Wildman–Crippen LogP) is 3.71. The number of fused-ring (bicyclic) bond motifs is 1. The van der Waals surface area contributed by atoms with Crippen LogP contribution < -0.4 is 10.6 Å². The van der Waals surface area contributed by atoms with Crippen molar-refractivity contribution in [1.82, 2.24) is 0 Å². The van der Waals surface area contributed by atoms with Gasteiger partial charge in [0.1, 0.15) is 4.99 Å². The van der Waals surface area contributed by atoms with Crippen LogP contribution in [-0.2, 0) is 6.42 Å². The Kier molecular flexibility index (Phi) is 3.45. The molecule has 2 nitrogen and oxygen atoms in total. The second kappa shape index (κ2) is 5.25. The molecule has 0 saturated carbocycles. The lowest BCUT2D eigenvalue weighted by Gasteiger charge is -2.32. The topological polar surface area (TPSA) is 29.3 Å². The third-order valence-corrected chi connectivity index (χ3v) is 4.04. The van der Waals surface area contributed by atoms with Crippen molar-refractivity contribution in [2.75, 3.05) is 11.4 Å². The van der Waals surface area contributed by atoms with Crippen LogP contribution in [0, 0.1) is 6.92 Å². The van der Waals surface area contributed by atoms with E-state index in [1.54, 1.807) is 0 Å². The van der Waals surface area contributed by atoms with Gasteiger partial charge in [-0.05, 0) is 43.5 Å². The Hall–Kier alpha value is -1.87. The molecule has 3 heteroatoms. The fourth-order valence-corrected chi connectivity index (χ4v) is 3.03. The number of anilines is 2. The first-order chi connectivity index (χ1) is 9.66. The molecule has 0 aromatic heterocycles. The molecule has 0 saturated heterocycles. The SMILES string of the molecule is Cc1ccc(N2CCCc3ccccc32)c(C(N)=S)c1. The molecule has 3 rings (SSSR count). The van der Waals surface area contributed by atoms with E-state index < -0.39 is 0 Å². The maximum atomic E-state index is 5.91. The smallest absolute Gasteiger partial charge is 0.106 e. The molecule has 1 heterocycles. The van der Waals surface area contributed by atoms with Gasteiger partial charge in [0.15, 0.2) is 0 Å². The van der Waals surface area contributed by atoms with Crippen LogP contribution in [0.5, 0.6) is 0 Å². The van der Waals surface area contributed by atoms with Crippen LogP contribution in [0.15, 0.2) is 42.5 Å². The van der Waals surface area contributed by atoms with Crippen molar-refractivity contribution < 1.29 is 0 Å². The minimum Gasteiger partial charge on any atom is -0.389 e. The summed E-state index contributed by atoms with van der Waals surface area (Å²) in [5.41, 5.74) is 11.9. The number of para-hydroxylation sites is 1. The zero-order chi connectivity index (χ0) is 14.1. The van der Waals surface area contributed by atoms with E-state index in [2.05, 4.69) is 54.3 Å². The Morgan fingerprint density at radius 2 is 1.95 bits per heavy atom. The van der Waals surface area contributed by atoms with Crippen molar-refractivity contribution >= 4 is 28.6 Å². The van der Waals surface area contributed by atoms with Crippen LogP contribution in [0.25, 0.3) is 0 Å². The lowest BCUT2D eigenvalue weighted by atomic mass is 9.99. The van der Waals surface area contributed by atoms with E-state index in [-0.39, 0.29) is 0 Å². The summed E-state index contributed by atoms with van der Waals surface area (Å²) >= 11 is 5.23. The van der Waals surface area contributed by atoms with Crippen LogP contribution in [0.1, 0.15) is 23.1 Å². The highest BCUT2D eigenvalue weighted by Crippen LogP contribution is 2.35. The first-order valence-electron chi connectivity index (χ1n) is 6.93. The largest absolute Gasteiger partial charge is 0.389 e. The average molecular weight is 282 g/mol. The normalized spacial score (nSPS) is 13.9. The summed E-state index contributed by atoms with van der Waals surface area (Å²) in [6, 6.07) is 14.9. The van der Waals surface area contributed by atoms with E-state index in [9.17, 15) is 0 Å². The number of benzene rings is 2. The van der Waals surface area contributed by atoms with Crippen molar-refractivity contribution in [3.63, 3.8) is 0 Å². The van der Waals surface area contributed by atoms with Gasteiger partial charge in [-0.2, -0.15) is 0 Å². The number of rotatable bonds is 2. The standard InChI is InChI=1S/C17H18N2S/c1-12-8-9-16(14(11-12)17(18)20)19-10-4-6-13-5-2-3-7-15(13)19/h2-3,5,7-9,11H,4,6,10H2,1H3,(H2,18,20). The molecule has 20 heavy (non-hydrogen) atoms. The molecular weight excluding hydrogens is 264 g/mol. The van der Waals surface area contributed by atoms with Crippen molar-refractivity contribution in [3.05, 3.63) is 59.2 Å². The molecule has 2 N–H and O–H groups in total. The second-order valence-corrected chi connectivity index (χ2v) is 5.71. The second-order valence-electron chi connectivity index (χ2n) is 5.27. The number of hydrogen-bond acceptors (Lipinski definition) is 2. The minimum absolute atomic E-state index is 0.465. The minimum atomic E-state index is 0.465. The number of aryl methyl sites for hydroxylation is 2. The van der Waals surface area contributed by atoms with Crippen LogP contribution in [0.2, 0.25) is 0 Å². The molecule has 1 aliphatic rings. The summed E-state index contributed by atoms with van der Waals surface area (Å²) in [4.78, 5) is 2.80. The number of nitrogens with two attached hydrogens (primary N) is 1. The van der Waals surface area contributed by atoms with Gasteiger partial charge in [0, 0.05) is 17.8 Å². The van der Waals surface area contributed by atoms with Crippen LogP contribution >= 0.6 is 12.2 Å². The van der Waals surface area contributed by atoms with E-state index in [4.69, 9.17) is 18.0 Å². The van der Waals surface area contributed by atoms with E-state index >= 15 is 0 Å². The molecule has 0 amide bonds. The first-order valence-corrected chi connectivity index (χ1v) is 7.33. The molecule has 0 atom stereocenters. The van der Waals surface area contributed by atoms with Crippen LogP contribution in [0.3, 0.4) is 0 Å². The number of hydrogen-bond donors (Lipinski definition) is 1. The summed E-state index contributed by atoms with van der Waals surface area (Å²) in [6.07, 6.45) is 2.29. The molecule has 2 aromatic rings. The monoisotopic (exact) mass is 282 g/mol. The molecule has 102 valence electrons. The third-order valence-electron chi connectivity index (χ3n) is 3.82. The Morgan fingerprint density at radius 3 is 2.75 bits per heavy atom. The lowest BCUT2D eigenvalue weighted by Crippen LogP contribution is -2.27. The van der Waals surface area contributed by atoms with E-state index in [0.717, 1.165) is 30.6 Å². The van der Waals surface area contributed by atoms with E-state index in [1.807, 2.05) is 0 Å². The number of thiocarbonyl (C=S) groups is 1. The predicted molar refractivity (Wildman–Crippen MR) is 88.8 cm³/mol. The average Bonchev–Trinajstić information content (AvgIpc) is 2.46. The van der Waals surface area contributed by atoms with Crippen molar-refractivity contribution in [1.29, 1.82) is 0 Å². The molecule has 0 bridgehead atoms. The fourth-order valence-electron chi connectivity index (χ4n) is 2.87. The van der Waals surface area contributed by atoms with Gasteiger partial charge in [-0.1, -0.05) is 42.0 Å². The zero-order valence-corrected chi connectivity index (χ0v) is 12.4. The van der Waals surface area contributed by atoms with Crippen molar-refractivity contribution in [2.24, 2.45) is 5.73 Å². The summed E-state index contributed by atoms with van der Waals surface area (Å²) in [5.74, 6) is 0.